The third-order valence-corrected chi connectivity index (χ3v) is 5.57. The second-order valence-electron chi connectivity index (χ2n) is 7.51. The summed E-state index contributed by atoms with van der Waals surface area (Å²) in [6.45, 7) is 1.17. The number of rotatable bonds is 9. The molecule has 5 nitrogen and oxygen atoms in total. The third-order valence-electron chi connectivity index (χ3n) is 5.57. The highest BCUT2D eigenvalue weighted by atomic mass is 16.5. The Morgan fingerprint density at radius 3 is 2.63 bits per heavy atom. The number of hydrogen-bond acceptors (Lipinski definition) is 3. The highest BCUT2D eigenvalue weighted by molar-refractivity contribution is 6.25. The summed E-state index contributed by atoms with van der Waals surface area (Å²) in [5, 5.41) is 5.08. The molecule has 4 rings (SSSR count). The first kappa shape index (κ1) is 20.0. The largest absolute Gasteiger partial charge is 0.496 e. The summed E-state index contributed by atoms with van der Waals surface area (Å²) >= 11 is 0. The Balaban J connectivity index is 1.23. The van der Waals surface area contributed by atoms with E-state index in [4.69, 9.17) is 4.74 Å². The number of benzene rings is 3. The van der Waals surface area contributed by atoms with E-state index in [1.54, 1.807) is 12.0 Å². The van der Waals surface area contributed by atoms with Gasteiger partial charge >= 0.3 is 0 Å². The fourth-order valence-corrected chi connectivity index (χ4v) is 4.10. The van der Waals surface area contributed by atoms with Gasteiger partial charge in [-0.15, -0.1) is 0 Å². The van der Waals surface area contributed by atoms with E-state index in [9.17, 15) is 9.59 Å². The number of methoxy groups -OCH3 is 1. The Bertz CT molecular complexity index is 1070. The van der Waals surface area contributed by atoms with Crippen molar-refractivity contribution in [3.63, 3.8) is 0 Å². The number of amides is 2. The van der Waals surface area contributed by atoms with Gasteiger partial charge in [0.05, 0.1) is 12.8 Å². The van der Waals surface area contributed by atoms with Gasteiger partial charge in [0.1, 0.15) is 5.75 Å². The summed E-state index contributed by atoms with van der Waals surface area (Å²) in [4.78, 5) is 26.8. The van der Waals surface area contributed by atoms with Crippen molar-refractivity contribution >= 4 is 28.3 Å². The van der Waals surface area contributed by atoms with Crippen LogP contribution in [0.25, 0.3) is 10.8 Å². The van der Waals surface area contributed by atoms with E-state index < -0.39 is 0 Å². The smallest absolute Gasteiger partial charge is 0.258 e. The van der Waals surface area contributed by atoms with Crippen molar-refractivity contribution in [2.45, 2.75) is 25.7 Å². The number of hydrogen-bond donors (Lipinski definition) is 1. The van der Waals surface area contributed by atoms with Gasteiger partial charge in [0.15, 0.2) is 0 Å². The van der Waals surface area contributed by atoms with Crippen LogP contribution in [0.4, 0.5) is 5.69 Å². The van der Waals surface area contributed by atoms with E-state index in [1.165, 1.54) is 0 Å². The first-order chi connectivity index (χ1) is 14.7. The number of carbonyl (C=O) groups is 2. The quantitative estimate of drug-likeness (QED) is 0.542. The number of aryl methyl sites for hydroxylation is 1. The van der Waals surface area contributed by atoms with Crippen LogP contribution in [0.2, 0.25) is 0 Å². The van der Waals surface area contributed by atoms with Gasteiger partial charge in [-0.25, -0.2) is 0 Å². The van der Waals surface area contributed by atoms with E-state index in [2.05, 4.69) is 5.32 Å². The Labute approximate surface area is 176 Å². The van der Waals surface area contributed by atoms with E-state index >= 15 is 0 Å². The molecule has 1 aliphatic rings. The lowest BCUT2D eigenvalue weighted by Gasteiger charge is -2.17. The molecule has 0 aliphatic carbocycles. The molecule has 1 aliphatic heterocycles. The maximum atomic E-state index is 12.8. The van der Waals surface area contributed by atoms with Gasteiger partial charge < -0.3 is 15.0 Å². The number of anilines is 1. The molecule has 0 unspecified atom stereocenters. The van der Waals surface area contributed by atoms with E-state index in [1.807, 2.05) is 60.7 Å². The van der Waals surface area contributed by atoms with Gasteiger partial charge in [-0.3, -0.25) is 9.59 Å². The third kappa shape index (κ3) is 4.01. The predicted octanol–water partition coefficient (Wildman–Crippen LogP) is 4.34. The second kappa shape index (κ2) is 8.99. The summed E-state index contributed by atoms with van der Waals surface area (Å²) in [5.41, 5.74) is 2.85. The first-order valence-corrected chi connectivity index (χ1v) is 10.4. The highest BCUT2D eigenvalue weighted by Crippen LogP contribution is 2.37. The van der Waals surface area contributed by atoms with Crippen LogP contribution in [-0.4, -0.2) is 32.0 Å². The second-order valence-corrected chi connectivity index (χ2v) is 7.51. The fraction of sp³-hybridized carbons (Fsp3) is 0.280. The van der Waals surface area contributed by atoms with Crippen LogP contribution in [-0.2, 0) is 11.2 Å². The molecule has 30 heavy (non-hydrogen) atoms. The number of carbonyl (C=O) groups excluding carboxylic acids is 2. The molecule has 0 aromatic heterocycles. The SMILES string of the molecule is COc1ccccc1CCCNC(=O)CCCN1C(=O)c2cccc3cccc1c23. The molecule has 2 amide bonds. The van der Waals surface area contributed by atoms with Gasteiger partial charge in [-0.2, -0.15) is 0 Å². The van der Waals surface area contributed by atoms with Crippen LogP contribution in [0.3, 0.4) is 0 Å². The average Bonchev–Trinajstić information content (AvgIpc) is 3.05. The van der Waals surface area contributed by atoms with Crippen molar-refractivity contribution in [2.75, 3.05) is 25.1 Å². The van der Waals surface area contributed by atoms with Crippen molar-refractivity contribution in [2.24, 2.45) is 0 Å². The average molecular weight is 402 g/mol. The van der Waals surface area contributed by atoms with Crippen LogP contribution in [0, 0.1) is 0 Å². The van der Waals surface area contributed by atoms with Crippen LogP contribution in [0.15, 0.2) is 60.7 Å². The van der Waals surface area contributed by atoms with Crippen molar-refractivity contribution in [1.82, 2.24) is 5.32 Å². The number of para-hydroxylation sites is 1. The molecule has 0 saturated carbocycles. The first-order valence-electron chi connectivity index (χ1n) is 10.4. The van der Waals surface area contributed by atoms with Gasteiger partial charge in [-0.05, 0) is 48.4 Å². The Hall–Kier alpha value is -3.34. The molecule has 3 aromatic carbocycles. The van der Waals surface area contributed by atoms with Crippen molar-refractivity contribution in [1.29, 1.82) is 0 Å². The molecule has 1 heterocycles. The lowest BCUT2D eigenvalue weighted by Crippen LogP contribution is -2.30. The molecule has 0 bridgehead atoms. The summed E-state index contributed by atoms with van der Waals surface area (Å²) in [5.74, 6) is 0.937. The normalized spacial score (nSPS) is 12.4. The number of nitrogens with zero attached hydrogens (tertiary/aromatic N) is 1. The minimum Gasteiger partial charge on any atom is -0.496 e. The number of ether oxygens (including phenoxy) is 1. The summed E-state index contributed by atoms with van der Waals surface area (Å²) in [6.07, 6.45) is 2.75. The summed E-state index contributed by atoms with van der Waals surface area (Å²) in [6, 6.07) is 19.7. The molecule has 0 spiro atoms. The van der Waals surface area contributed by atoms with Crippen LogP contribution >= 0.6 is 0 Å². The molecule has 154 valence electrons. The lowest BCUT2D eigenvalue weighted by atomic mass is 10.1. The van der Waals surface area contributed by atoms with Crippen LogP contribution < -0.4 is 15.0 Å². The summed E-state index contributed by atoms with van der Waals surface area (Å²) in [7, 11) is 1.67. The molecule has 3 aromatic rings. The fourth-order valence-electron chi connectivity index (χ4n) is 4.10. The van der Waals surface area contributed by atoms with E-state index in [0.29, 0.717) is 25.9 Å². The van der Waals surface area contributed by atoms with Crippen molar-refractivity contribution in [3.8, 4) is 5.75 Å². The standard InChI is InChI=1S/C25H26N2O3/c1-30-22-14-3-2-8-18(22)11-6-16-26-23(28)15-7-17-27-21-13-5-10-19-9-4-12-20(24(19)21)25(27)29/h2-5,8-10,12-14H,6-7,11,15-17H2,1H3,(H,26,28). The molecule has 1 N–H and O–H groups in total. The Kier molecular flexibility index (Phi) is 5.98. The molecule has 0 atom stereocenters. The monoisotopic (exact) mass is 402 g/mol. The topological polar surface area (TPSA) is 58.6 Å². The lowest BCUT2D eigenvalue weighted by molar-refractivity contribution is -0.121. The molecule has 0 saturated heterocycles. The zero-order chi connectivity index (χ0) is 20.9. The molecule has 0 radical (unpaired) electrons. The Morgan fingerprint density at radius 1 is 1.00 bits per heavy atom. The van der Waals surface area contributed by atoms with Crippen LogP contribution in [0.1, 0.15) is 35.2 Å². The van der Waals surface area contributed by atoms with Crippen molar-refractivity contribution in [3.05, 3.63) is 71.8 Å². The van der Waals surface area contributed by atoms with Crippen molar-refractivity contribution < 1.29 is 14.3 Å². The van der Waals surface area contributed by atoms with Gasteiger partial charge in [0.2, 0.25) is 5.91 Å². The minimum atomic E-state index is 0.0254. The minimum absolute atomic E-state index is 0.0254. The van der Waals surface area contributed by atoms with Gasteiger partial charge in [0.25, 0.3) is 5.91 Å². The zero-order valence-corrected chi connectivity index (χ0v) is 17.2. The van der Waals surface area contributed by atoms with Crippen LogP contribution in [0.5, 0.6) is 5.75 Å². The van der Waals surface area contributed by atoms with E-state index in [-0.39, 0.29) is 11.8 Å². The summed E-state index contributed by atoms with van der Waals surface area (Å²) < 4.78 is 5.36. The number of nitrogens with one attached hydrogen (secondary N) is 1. The maximum absolute atomic E-state index is 12.8. The molecular weight excluding hydrogens is 376 g/mol. The van der Waals surface area contributed by atoms with Gasteiger partial charge in [0, 0.05) is 30.5 Å². The molecule has 0 fully saturated rings. The highest BCUT2D eigenvalue weighted by Gasteiger charge is 2.28. The molecule has 5 heteroatoms. The van der Waals surface area contributed by atoms with Gasteiger partial charge in [-0.1, -0.05) is 42.5 Å². The molecular formula is C25H26N2O3. The predicted molar refractivity (Wildman–Crippen MR) is 119 cm³/mol. The maximum Gasteiger partial charge on any atom is 0.258 e. The Morgan fingerprint density at radius 2 is 1.80 bits per heavy atom. The van der Waals surface area contributed by atoms with E-state index in [0.717, 1.165) is 46.2 Å². The zero-order valence-electron chi connectivity index (χ0n) is 17.2.